The Labute approximate surface area is 225 Å². The third-order valence-corrected chi connectivity index (χ3v) is 7.66. The Balaban J connectivity index is 1.50. The van der Waals surface area contributed by atoms with Crippen molar-refractivity contribution in [1.29, 1.82) is 0 Å². The Morgan fingerprint density at radius 3 is 2.28 bits per heavy atom. The molecule has 4 rings (SSSR count). The van der Waals surface area contributed by atoms with Crippen molar-refractivity contribution in [1.82, 2.24) is 5.43 Å². The lowest BCUT2D eigenvalue weighted by molar-refractivity contribution is -0.384. The normalized spacial score (nSPS) is 11.5. The molecular weight excluding hydrogens is 520 g/mol. The lowest BCUT2D eigenvalue weighted by atomic mass is 10.1. The maximum Gasteiger partial charge on any atom is 0.269 e. The number of benzene rings is 3. The number of anilines is 1. The van der Waals surface area contributed by atoms with Crippen molar-refractivity contribution in [2.45, 2.75) is 25.7 Å². The molecule has 1 N–H and O–H groups in total. The van der Waals surface area contributed by atoms with Crippen molar-refractivity contribution in [3.05, 3.63) is 111 Å². The number of amides is 1. The highest BCUT2D eigenvalue weighted by Crippen LogP contribution is 2.28. The van der Waals surface area contributed by atoms with E-state index in [2.05, 4.69) is 10.5 Å². The van der Waals surface area contributed by atoms with Crippen molar-refractivity contribution < 1.29 is 22.6 Å². The van der Waals surface area contributed by atoms with Crippen LogP contribution >= 0.6 is 0 Å². The zero-order valence-electron chi connectivity index (χ0n) is 21.5. The SMILES string of the molecule is Cc1ccc(S(=O)(=O)N(CC(=O)N/N=C\c2ccc(-c3ccc([N+](=O)[O-])cc3)o2)c2ccc(C)cc2C)cc1. The molecule has 0 atom stereocenters. The van der Waals surface area contributed by atoms with Gasteiger partial charge in [-0.25, -0.2) is 13.8 Å². The Bertz CT molecular complexity index is 1640. The van der Waals surface area contributed by atoms with E-state index in [4.69, 9.17) is 4.42 Å². The van der Waals surface area contributed by atoms with Crippen LogP contribution in [0.25, 0.3) is 11.3 Å². The van der Waals surface area contributed by atoms with Gasteiger partial charge in [0.2, 0.25) is 0 Å². The topological polar surface area (TPSA) is 135 Å². The van der Waals surface area contributed by atoms with Gasteiger partial charge in [-0.05, 0) is 68.8 Å². The molecule has 1 aromatic heterocycles. The van der Waals surface area contributed by atoms with Gasteiger partial charge in [-0.2, -0.15) is 5.10 Å². The quantitative estimate of drug-likeness (QED) is 0.176. The molecule has 0 saturated carbocycles. The van der Waals surface area contributed by atoms with Crippen LogP contribution in [0.3, 0.4) is 0 Å². The molecule has 1 amide bonds. The fourth-order valence-corrected chi connectivity index (χ4v) is 5.37. The standard InChI is InChI=1S/C28H26N4O6S/c1-19-4-12-25(13-5-19)39(36,37)31(26-14-6-20(2)16-21(26)3)18-28(33)30-29-17-24-11-15-27(38-24)22-7-9-23(10-8-22)32(34)35/h4-17H,18H2,1-3H3,(H,30,33)/b29-17-. The van der Waals surface area contributed by atoms with Gasteiger partial charge < -0.3 is 4.42 Å². The number of sulfonamides is 1. The van der Waals surface area contributed by atoms with Crippen LogP contribution in [0.5, 0.6) is 0 Å². The van der Waals surface area contributed by atoms with E-state index in [9.17, 15) is 23.3 Å². The van der Waals surface area contributed by atoms with Crippen LogP contribution in [0.1, 0.15) is 22.5 Å². The zero-order valence-corrected chi connectivity index (χ0v) is 22.3. The van der Waals surface area contributed by atoms with Gasteiger partial charge in [-0.3, -0.25) is 19.2 Å². The summed E-state index contributed by atoms with van der Waals surface area (Å²) in [5.41, 5.74) is 5.92. The molecule has 0 saturated heterocycles. The number of hydrazone groups is 1. The number of furan rings is 1. The number of nitro benzene ring substituents is 1. The average molecular weight is 547 g/mol. The monoisotopic (exact) mass is 546 g/mol. The van der Waals surface area contributed by atoms with Crippen LogP contribution in [0, 0.1) is 30.9 Å². The van der Waals surface area contributed by atoms with Gasteiger partial charge in [-0.15, -0.1) is 0 Å². The first-order valence-electron chi connectivity index (χ1n) is 11.9. The van der Waals surface area contributed by atoms with Crippen molar-refractivity contribution in [2.75, 3.05) is 10.8 Å². The van der Waals surface area contributed by atoms with Crippen LogP contribution in [0.15, 0.2) is 93.3 Å². The third-order valence-electron chi connectivity index (χ3n) is 5.89. The molecule has 0 bridgehead atoms. The molecule has 39 heavy (non-hydrogen) atoms. The van der Waals surface area contributed by atoms with E-state index in [-0.39, 0.29) is 10.6 Å². The minimum atomic E-state index is -4.05. The van der Waals surface area contributed by atoms with E-state index in [0.29, 0.717) is 28.3 Å². The fraction of sp³-hybridized carbons (Fsp3) is 0.143. The molecule has 3 aromatic carbocycles. The fourth-order valence-electron chi connectivity index (χ4n) is 3.88. The Morgan fingerprint density at radius 1 is 0.974 bits per heavy atom. The number of carbonyl (C=O) groups excluding carboxylic acids is 1. The number of nitro groups is 1. The highest BCUT2D eigenvalue weighted by molar-refractivity contribution is 7.92. The summed E-state index contributed by atoms with van der Waals surface area (Å²) in [7, 11) is -4.05. The minimum absolute atomic E-state index is 0.0333. The van der Waals surface area contributed by atoms with Crippen molar-refractivity contribution in [3.63, 3.8) is 0 Å². The van der Waals surface area contributed by atoms with Gasteiger partial charge >= 0.3 is 0 Å². The van der Waals surface area contributed by atoms with E-state index in [1.54, 1.807) is 55.5 Å². The summed E-state index contributed by atoms with van der Waals surface area (Å²) in [6.07, 6.45) is 1.28. The van der Waals surface area contributed by atoms with E-state index < -0.39 is 27.4 Å². The minimum Gasteiger partial charge on any atom is -0.455 e. The predicted molar refractivity (Wildman–Crippen MR) is 148 cm³/mol. The van der Waals surface area contributed by atoms with E-state index in [1.165, 1.54) is 30.5 Å². The summed E-state index contributed by atoms with van der Waals surface area (Å²) in [4.78, 5) is 23.2. The summed E-state index contributed by atoms with van der Waals surface area (Å²) in [5.74, 6) is 0.133. The van der Waals surface area contributed by atoms with Gasteiger partial charge in [0.05, 0.1) is 21.7 Å². The Morgan fingerprint density at radius 2 is 1.64 bits per heavy atom. The zero-order chi connectivity index (χ0) is 28.2. The number of hydrogen-bond donors (Lipinski definition) is 1. The molecule has 4 aromatic rings. The van der Waals surface area contributed by atoms with Crippen LogP contribution in [0.2, 0.25) is 0 Å². The third kappa shape index (κ3) is 6.39. The predicted octanol–water partition coefficient (Wildman–Crippen LogP) is 5.13. The molecule has 0 aliphatic heterocycles. The average Bonchev–Trinajstić information content (AvgIpc) is 3.37. The maximum atomic E-state index is 13.6. The molecule has 0 radical (unpaired) electrons. The van der Waals surface area contributed by atoms with Gasteiger partial charge in [0.1, 0.15) is 18.1 Å². The molecular formula is C28H26N4O6S. The van der Waals surface area contributed by atoms with Gasteiger partial charge in [0, 0.05) is 17.7 Å². The molecule has 200 valence electrons. The lowest BCUT2D eigenvalue weighted by Crippen LogP contribution is -2.40. The second kappa shape index (κ2) is 11.3. The number of hydrogen-bond acceptors (Lipinski definition) is 7. The van der Waals surface area contributed by atoms with Crippen molar-refractivity contribution >= 4 is 33.5 Å². The van der Waals surface area contributed by atoms with Gasteiger partial charge in [0.25, 0.3) is 21.6 Å². The largest absolute Gasteiger partial charge is 0.455 e. The van der Waals surface area contributed by atoms with E-state index in [1.807, 2.05) is 19.9 Å². The summed E-state index contributed by atoms with van der Waals surface area (Å²) in [6.45, 7) is 5.05. The van der Waals surface area contributed by atoms with Crippen LogP contribution in [0.4, 0.5) is 11.4 Å². The second-order valence-electron chi connectivity index (χ2n) is 8.91. The van der Waals surface area contributed by atoms with E-state index >= 15 is 0 Å². The van der Waals surface area contributed by atoms with Gasteiger partial charge in [-0.1, -0.05) is 35.4 Å². The summed E-state index contributed by atoms with van der Waals surface area (Å²) < 4.78 is 33.9. The van der Waals surface area contributed by atoms with Crippen LogP contribution < -0.4 is 9.73 Å². The Kier molecular flexibility index (Phi) is 7.91. The number of non-ortho nitro benzene ring substituents is 1. The van der Waals surface area contributed by atoms with Gasteiger partial charge in [0.15, 0.2) is 0 Å². The summed E-state index contributed by atoms with van der Waals surface area (Å²) in [6, 6.07) is 20.9. The molecule has 0 unspecified atom stereocenters. The Hall–Kier alpha value is -4.77. The molecule has 10 nitrogen and oxygen atoms in total. The first kappa shape index (κ1) is 27.3. The maximum absolute atomic E-state index is 13.6. The van der Waals surface area contributed by atoms with Crippen molar-refractivity contribution in [2.24, 2.45) is 5.10 Å². The summed E-state index contributed by atoms with van der Waals surface area (Å²) >= 11 is 0. The molecule has 11 heteroatoms. The number of carbonyl (C=O) groups is 1. The van der Waals surface area contributed by atoms with E-state index in [0.717, 1.165) is 15.4 Å². The van der Waals surface area contributed by atoms with Crippen LogP contribution in [-0.2, 0) is 14.8 Å². The first-order chi connectivity index (χ1) is 18.5. The molecule has 0 aliphatic carbocycles. The number of rotatable bonds is 9. The van der Waals surface area contributed by atoms with Crippen LogP contribution in [-0.4, -0.2) is 32.0 Å². The highest BCUT2D eigenvalue weighted by Gasteiger charge is 2.28. The number of aryl methyl sites for hydroxylation is 3. The number of nitrogens with zero attached hydrogens (tertiary/aromatic N) is 3. The smallest absolute Gasteiger partial charge is 0.269 e. The lowest BCUT2D eigenvalue weighted by Gasteiger charge is -2.25. The molecule has 0 spiro atoms. The summed E-state index contributed by atoms with van der Waals surface area (Å²) in [5, 5.41) is 14.7. The second-order valence-corrected chi connectivity index (χ2v) is 10.8. The first-order valence-corrected chi connectivity index (χ1v) is 13.3. The molecule has 1 heterocycles. The number of nitrogens with one attached hydrogen (secondary N) is 1. The van der Waals surface area contributed by atoms with Crippen molar-refractivity contribution in [3.8, 4) is 11.3 Å². The molecule has 0 fully saturated rings. The molecule has 0 aliphatic rings. The highest BCUT2D eigenvalue weighted by atomic mass is 32.2.